The van der Waals surface area contributed by atoms with Gasteiger partial charge in [-0.15, -0.1) is 0 Å². The topological polar surface area (TPSA) is 58.6 Å². The SMILES string of the molecule is C=O.COc1ccc(CN(Cc2ccc(F)cc2)C(=O)C2CCNCC2)cc1. The van der Waals surface area contributed by atoms with Crippen LogP contribution in [0.25, 0.3) is 0 Å². The number of ether oxygens (including phenoxy) is 1. The van der Waals surface area contributed by atoms with Gasteiger partial charge in [0.2, 0.25) is 5.91 Å². The maximum atomic E-state index is 13.2. The van der Waals surface area contributed by atoms with Gasteiger partial charge in [-0.1, -0.05) is 24.3 Å². The molecule has 0 aliphatic carbocycles. The number of hydrogen-bond donors (Lipinski definition) is 1. The molecule has 1 amide bonds. The van der Waals surface area contributed by atoms with E-state index in [0.717, 1.165) is 42.8 Å². The van der Waals surface area contributed by atoms with Crippen molar-refractivity contribution in [3.63, 3.8) is 0 Å². The second-order valence-electron chi connectivity index (χ2n) is 6.69. The van der Waals surface area contributed by atoms with Gasteiger partial charge in [-0.3, -0.25) is 4.79 Å². The van der Waals surface area contributed by atoms with E-state index in [9.17, 15) is 9.18 Å². The van der Waals surface area contributed by atoms with Crippen molar-refractivity contribution in [2.24, 2.45) is 5.92 Å². The maximum Gasteiger partial charge on any atom is 0.226 e. The van der Waals surface area contributed by atoms with Crippen LogP contribution in [0.1, 0.15) is 24.0 Å². The molecule has 1 aliphatic heterocycles. The summed E-state index contributed by atoms with van der Waals surface area (Å²) in [4.78, 5) is 23.0. The van der Waals surface area contributed by atoms with Gasteiger partial charge in [0.05, 0.1) is 7.11 Å². The highest BCUT2D eigenvalue weighted by molar-refractivity contribution is 5.79. The van der Waals surface area contributed by atoms with E-state index < -0.39 is 0 Å². The summed E-state index contributed by atoms with van der Waals surface area (Å²) in [6.07, 6.45) is 1.72. The average molecular weight is 386 g/mol. The number of methoxy groups -OCH3 is 1. The van der Waals surface area contributed by atoms with E-state index in [1.54, 1.807) is 19.2 Å². The minimum Gasteiger partial charge on any atom is -0.497 e. The molecule has 1 N–H and O–H groups in total. The van der Waals surface area contributed by atoms with Crippen molar-refractivity contribution in [2.45, 2.75) is 25.9 Å². The van der Waals surface area contributed by atoms with Gasteiger partial charge in [-0.05, 0) is 61.3 Å². The molecule has 0 spiro atoms. The summed E-state index contributed by atoms with van der Waals surface area (Å²) < 4.78 is 18.4. The Balaban J connectivity index is 0.00000136. The third-order valence-corrected chi connectivity index (χ3v) is 4.82. The van der Waals surface area contributed by atoms with Crippen molar-refractivity contribution in [3.05, 3.63) is 65.5 Å². The van der Waals surface area contributed by atoms with Crippen LogP contribution in [0.5, 0.6) is 5.75 Å². The third-order valence-electron chi connectivity index (χ3n) is 4.82. The first-order valence-electron chi connectivity index (χ1n) is 9.31. The molecule has 3 rings (SSSR count). The van der Waals surface area contributed by atoms with Gasteiger partial charge in [-0.25, -0.2) is 4.39 Å². The molecule has 0 unspecified atom stereocenters. The second-order valence-corrected chi connectivity index (χ2v) is 6.69. The Morgan fingerprint density at radius 2 is 1.54 bits per heavy atom. The van der Waals surface area contributed by atoms with Crippen LogP contribution in [0.3, 0.4) is 0 Å². The molecular formula is C22H27FN2O3. The van der Waals surface area contributed by atoms with Gasteiger partial charge in [0.15, 0.2) is 0 Å². The summed E-state index contributed by atoms with van der Waals surface area (Å²) in [5.41, 5.74) is 1.98. The van der Waals surface area contributed by atoms with Gasteiger partial charge < -0.3 is 19.7 Å². The molecule has 1 heterocycles. The lowest BCUT2D eigenvalue weighted by Crippen LogP contribution is -2.40. The van der Waals surface area contributed by atoms with Gasteiger partial charge in [0.25, 0.3) is 0 Å². The zero-order valence-electron chi connectivity index (χ0n) is 16.2. The quantitative estimate of drug-likeness (QED) is 0.828. The molecule has 1 saturated heterocycles. The number of nitrogens with zero attached hydrogens (tertiary/aromatic N) is 1. The number of hydrogen-bond acceptors (Lipinski definition) is 4. The standard InChI is InChI=1S/C21H25FN2O2.CH2O/c1-26-20-8-4-17(5-9-20)15-24(14-16-2-6-19(22)7-3-16)21(25)18-10-12-23-13-11-18;1-2/h2-9,18,23H,10-15H2,1H3;1H2. The number of carbonyl (C=O) groups excluding carboxylic acids is 2. The molecule has 0 radical (unpaired) electrons. The van der Waals surface area contributed by atoms with Crippen LogP contribution >= 0.6 is 0 Å². The number of carbonyl (C=O) groups is 2. The Bertz CT molecular complexity index is 728. The molecule has 5 nitrogen and oxygen atoms in total. The van der Waals surface area contributed by atoms with Gasteiger partial charge >= 0.3 is 0 Å². The molecule has 6 heteroatoms. The van der Waals surface area contributed by atoms with E-state index in [1.165, 1.54) is 12.1 Å². The Morgan fingerprint density at radius 3 is 2.04 bits per heavy atom. The molecule has 0 bridgehead atoms. The van der Waals surface area contributed by atoms with Crippen molar-refractivity contribution in [1.82, 2.24) is 10.2 Å². The van der Waals surface area contributed by atoms with E-state index in [0.29, 0.717) is 13.1 Å². The molecule has 1 fully saturated rings. The normalized spacial score (nSPS) is 13.9. The molecular weight excluding hydrogens is 359 g/mol. The van der Waals surface area contributed by atoms with E-state index >= 15 is 0 Å². The Morgan fingerprint density at radius 1 is 1.04 bits per heavy atom. The number of piperidine rings is 1. The molecule has 28 heavy (non-hydrogen) atoms. The van der Waals surface area contributed by atoms with E-state index in [1.807, 2.05) is 36.0 Å². The van der Waals surface area contributed by atoms with Crippen molar-refractivity contribution in [2.75, 3.05) is 20.2 Å². The van der Waals surface area contributed by atoms with Crippen LogP contribution in [0.2, 0.25) is 0 Å². The summed E-state index contributed by atoms with van der Waals surface area (Å²) >= 11 is 0. The first-order chi connectivity index (χ1) is 13.7. The third kappa shape index (κ3) is 6.16. The molecule has 2 aromatic rings. The van der Waals surface area contributed by atoms with Crippen molar-refractivity contribution < 1.29 is 18.7 Å². The number of halogens is 1. The Kier molecular flexibility index (Phi) is 8.62. The summed E-state index contributed by atoms with van der Waals surface area (Å²) in [6.45, 7) is 4.77. The van der Waals surface area contributed by atoms with Crippen molar-refractivity contribution in [1.29, 1.82) is 0 Å². The summed E-state index contributed by atoms with van der Waals surface area (Å²) in [7, 11) is 1.64. The molecule has 0 atom stereocenters. The summed E-state index contributed by atoms with van der Waals surface area (Å²) in [5, 5.41) is 3.30. The number of benzene rings is 2. The number of nitrogens with one attached hydrogen (secondary N) is 1. The van der Waals surface area contributed by atoms with E-state index in [4.69, 9.17) is 9.53 Å². The summed E-state index contributed by atoms with van der Waals surface area (Å²) in [6, 6.07) is 14.1. The lowest BCUT2D eigenvalue weighted by atomic mass is 9.96. The number of amides is 1. The highest BCUT2D eigenvalue weighted by Gasteiger charge is 2.26. The van der Waals surface area contributed by atoms with E-state index in [-0.39, 0.29) is 17.6 Å². The zero-order chi connectivity index (χ0) is 20.4. The second kappa shape index (κ2) is 11.2. The highest BCUT2D eigenvalue weighted by Crippen LogP contribution is 2.20. The van der Waals surface area contributed by atoms with Crippen molar-refractivity contribution in [3.8, 4) is 5.75 Å². The Hall–Kier alpha value is -2.73. The molecule has 0 saturated carbocycles. The fourth-order valence-electron chi connectivity index (χ4n) is 3.30. The highest BCUT2D eigenvalue weighted by atomic mass is 19.1. The predicted octanol–water partition coefficient (Wildman–Crippen LogP) is 3.18. The monoisotopic (exact) mass is 386 g/mol. The fourth-order valence-corrected chi connectivity index (χ4v) is 3.30. The average Bonchev–Trinajstić information content (AvgIpc) is 2.77. The van der Waals surface area contributed by atoms with Gasteiger partial charge in [0, 0.05) is 19.0 Å². The minimum atomic E-state index is -0.264. The Labute approximate surface area is 165 Å². The first-order valence-corrected chi connectivity index (χ1v) is 9.31. The van der Waals surface area contributed by atoms with Crippen LogP contribution in [-0.2, 0) is 22.7 Å². The van der Waals surface area contributed by atoms with Crippen LogP contribution in [0.4, 0.5) is 4.39 Å². The lowest BCUT2D eigenvalue weighted by Gasteiger charge is -2.30. The van der Waals surface area contributed by atoms with Crippen LogP contribution in [0, 0.1) is 11.7 Å². The lowest BCUT2D eigenvalue weighted by molar-refractivity contribution is -0.137. The molecule has 150 valence electrons. The molecule has 2 aromatic carbocycles. The number of rotatable bonds is 6. The molecule has 0 aromatic heterocycles. The summed E-state index contributed by atoms with van der Waals surface area (Å²) in [5.74, 6) is 0.755. The van der Waals surface area contributed by atoms with Crippen LogP contribution in [0.15, 0.2) is 48.5 Å². The van der Waals surface area contributed by atoms with Crippen LogP contribution < -0.4 is 10.1 Å². The smallest absolute Gasteiger partial charge is 0.226 e. The van der Waals surface area contributed by atoms with Gasteiger partial charge in [0.1, 0.15) is 18.4 Å². The van der Waals surface area contributed by atoms with E-state index in [2.05, 4.69) is 5.32 Å². The fraction of sp³-hybridized carbons (Fsp3) is 0.364. The first kappa shape index (κ1) is 21.6. The van der Waals surface area contributed by atoms with Gasteiger partial charge in [-0.2, -0.15) is 0 Å². The van der Waals surface area contributed by atoms with Crippen molar-refractivity contribution >= 4 is 12.7 Å². The molecule has 1 aliphatic rings. The minimum absolute atomic E-state index is 0.0509. The predicted molar refractivity (Wildman–Crippen MR) is 106 cm³/mol. The zero-order valence-corrected chi connectivity index (χ0v) is 16.2. The van der Waals surface area contributed by atoms with Crippen LogP contribution in [-0.4, -0.2) is 37.8 Å². The maximum absolute atomic E-state index is 13.2. The largest absolute Gasteiger partial charge is 0.497 e.